The molecule has 0 saturated carbocycles. The first-order valence-corrected chi connectivity index (χ1v) is 6.46. The zero-order valence-corrected chi connectivity index (χ0v) is 11.1. The summed E-state index contributed by atoms with van der Waals surface area (Å²) in [5.41, 5.74) is 8.17. The molecule has 1 atom stereocenters. The number of amides is 3. The molecule has 106 valence electrons. The van der Waals surface area contributed by atoms with Gasteiger partial charge in [-0.15, -0.1) is 0 Å². The summed E-state index contributed by atoms with van der Waals surface area (Å²) in [5.74, 6) is -0.0875. The Balaban J connectivity index is 1.78. The van der Waals surface area contributed by atoms with Gasteiger partial charge in [0.1, 0.15) is 6.04 Å². The van der Waals surface area contributed by atoms with Gasteiger partial charge in [0.25, 0.3) is 5.91 Å². The van der Waals surface area contributed by atoms with E-state index in [1.807, 2.05) is 24.3 Å². The number of hydrogen-bond acceptors (Lipinski definition) is 3. The van der Waals surface area contributed by atoms with Gasteiger partial charge in [-0.1, -0.05) is 18.2 Å². The summed E-state index contributed by atoms with van der Waals surface area (Å²) in [4.78, 5) is 22.8. The SMILES string of the molecule is NC(=O)Nc1ccc(NC2C(=O)Nc3ccccc32)cc1. The summed E-state index contributed by atoms with van der Waals surface area (Å²) in [5, 5.41) is 8.48. The van der Waals surface area contributed by atoms with E-state index in [4.69, 9.17) is 5.73 Å². The van der Waals surface area contributed by atoms with Crippen molar-refractivity contribution < 1.29 is 9.59 Å². The zero-order chi connectivity index (χ0) is 14.8. The van der Waals surface area contributed by atoms with Gasteiger partial charge in [0.15, 0.2) is 0 Å². The van der Waals surface area contributed by atoms with Crippen LogP contribution in [-0.2, 0) is 4.79 Å². The van der Waals surface area contributed by atoms with Crippen molar-refractivity contribution in [2.75, 3.05) is 16.0 Å². The van der Waals surface area contributed by atoms with E-state index < -0.39 is 12.1 Å². The first-order chi connectivity index (χ1) is 10.1. The van der Waals surface area contributed by atoms with Crippen molar-refractivity contribution in [2.24, 2.45) is 5.73 Å². The summed E-state index contributed by atoms with van der Waals surface area (Å²) >= 11 is 0. The number of benzene rings is 2. The number of anilines is 3. The van der Waals surface area contributed by atoms with E-state index in [0.717, 1.165) is 16.9 Å². The molecule has 1 unspecified atom stereocenters. The number of nitrogens with two attached hydrogens (primary N) is 1. The minimum absolute atomic E-state index is 0.0875. The quantitative estimate of drug-likeness (QED) is 0.695. The van der Waals surface area contributed by atoms with Crippen molar-refractivity contribution in [2.45, 2.75) is 6.04 Å². The number of para-hydroxylation sites is 1. The molecule has 1 heterocycles. The number of rotatable bonds is 3. The minimum atomic E-state index is -0.611. The second kappa shape index (κ2) is 5.16. The molecule has 3 amide bonds. The molecule has 6 heteroatoms. The van der Waals surface area contributed by atoms with Gasteiger partial charge in [0.2, 0.25) is 0 Å². The van der Waals surface area contributed by atoms with Crippen LogP contribution in [0, 0.1) is 0 Å². The van der Waals surface area contributed by atoms with Crippen molar-refractivity contribution >= 4 is 29.0 Å². The first-order valence-electron chi connectivity index (χ1n) is 6.46. The molecule has 5 N–H and O–H groups in total. The molecular weight excluding hydrogens is 268 g/mol. The van der Waals surface area contributed by atoms with Crippen LogP contribution >= 0.6 is 0 Å². The fourth-order valence-electron chi connectivity index (χ4n) is 2.31. The minimum Gasteiger partial charge on any atom is -0.370 e. The largest absolute Gasteiger partial charge is 0.370 e. The Labute approximate surface area is 121 Å². The molecule has 0 spiro atoms. The highest BCUT2D eigenvalue weighted by Crippen LogP contribution is 2.32. The predicted octanol–water partition coefficient (Wildman–Crippen LogP) is 2.28. The average molecular weight is 282 g/mol. The fraction of sp³-hybridized carbons (Fsp3) is 0.0667. The summed E-state index contributed by atoms with van der Waals surface area (Å²) in [6, 6.07) is 13.5. The van der Waals surface area contributed by atoms with Gasteiger partial charge in [-0.25, -0.2) is 4.79 Å². The van der Waals surface area contributed by atoms with Crippen LogP contribution in [-0.4, -0.2) is 11.9 Å². The highest BCUT2D eigenvalue weighted by Gasteiger charge is 2.29. The predicted molar refractivity (Wildman–Crippen MR) is 81.1 cm³/mol. The Morgan fingerprint density at radius 3 is 2.43 bits per heavy atom. The third-order valence-electron chi connectivity index (χ3n) is 3.26. The lowest BCUT2D eigenvalue weighted by Crippen LogP contribution is -2.20. The van der Waals surface area contributed by atoms with Crippen molar-refractivity contribution in [3.05, 3.63) is 54.1 Å². The van der Waals surface area contributed by atoms with Gasteiger partial charge in [-0.05, 0) is 30.3 Å². The molecule has 0 saturated heterocycles. The highest BCUT2D eigenvalue weighted by atomic mass is 16.2. The Hall–Kier alpha value is -3.02. The smallest absolute Gasteiger partial charge is 0.316 e. The van der Waals surface area contributed by atoms with Gasteiger partial charge < -0.3 is 21.7 Å². The van der Waals surface area contributed by atoms with Crippen molar-refractivity contribution in [3.8, 4) is 0 Å². The van der Waals surface area contributed by atoms with E-state index >= 15 is 0 Å². The normalized spacial score (nSPS) is 16.0. The van der Waals surface area contributed by atoms with Crippen molar-refractivity contribution in [1.29, 1.82) is 0 Å². The van der Waals surface area contributed by atoms with Gasteiger partial charge in [0, 0.05) is 22.6 Å². The van der Waals surface area contributed by atoms with Crippen LogP contribution in [0.4, 0.5) is 21.9 Å². The molecule has 6 nitrogen and oxygen atoms in total. The Kier molecular flexibility index (Phi) is 3.19. The number of carbonyl (C=O) groups is 2. The fourth-order valence-corrected chi connectivity index (χ4v) is 2.31. The molecule has 1 aliphatic rings. The van der Waals surface area contributed by atoms with Gasteiger partial charge in [-0.3, -0.25) is 4.79 Å². The van der Waals surface area contributed by atoms with Gasteiger partial charge >= 0.3 is 6.03 Å². The topological polar surface area (TPSA) is 96.2 Å². The van der Waals surface area contributed by atoms with Crippen LogP contribution in [0.5, 0.6) is 0 Å². The van der Waals surface area contributed by atoms with E-state index in [1.165, 1.54) is 0 Å². The zero-order valence-electron chi connectivity index (χ0n) is 11.1. The number of nitrogens with one attached hydrogen (secondary N) is 3. The maximum absolute atomic E-state index is 12.0. The maximum Gasteiger partial charge on any atom is 0.316 e. The van der Waals surface area contributed by atoms with Crippen LogP contribution in [0.1, 0.15) is 11.6 Å². The molecule has 2 aromatic carbocycles. The number of urea groups is 1. The summed E-state index contributed by atoms with van der Waals surface area (Å²) in [7, 11) is 0. The number of fused-ring (bicyclic) bond motifs is 1. The third-order valence-corrected chi connectivity index (χ3v) is 3.26. The Morgan fingerprint density at radius 1 is 1.05 bits per heavy atom. The van der Waals surface area contributed by atoms with Gasteiger partial charge in [0.05, 0.1) is 0 Å². The molecule has 0 bridgehead atoms. The standard InChI is InChI=1S/C15H14N4O2/c16-15(21)18-10-7-5-9(6-8-10)17-13-11-3-1-2-4-12(11)19-14(13)20/h1-8,13,17H,(H,19,20)(H3,16,18,21). The van der Waals surface area contributed by atoms with E-state index in [2.05, 4.69) is 16.0 Å². The van der Waals surface area contributed by atoms with Crippen LogP contribution in [0.2, 0.25) is 0 Å². The highest BCUT2D eigenvalue weighted by molar-refractivity contribution is 6.04. The molecule has 3 rings (SSSR count). The molecule has 0 aliphatic carbocycles. The van der Waals surface area contributed by atoms with Gasteiger partial charge in [-0.2, -0.15) is 0 Å². The summed E-state index contributed by atoms with van der Waals surface area (Å²) < 4.78 is 0. The lowest BCUT2D eigenvalue weighted by molar-refractivity contribution is -0.116. The first kappa shape index (κ1) is 13.0. The van der Waals surface area contributed by atoms with Crippen LogP contribution in [0.15, 0.2) is 48.5 Å². The molecular formula is C15H14N4O2. The van der Waals surface area contributed by atoms with E-state index in [0.29, 0.717) is 5.69 Å². The van der Waals surface area contributed by atoms with Crippen LogP contribution in [0.25, 0.3) is 0 Å². The van der Waals surface area contributed by atoms with E-state index in [-0.39, 0.29) is 5.91 Å². The average Bonchev–Trinajstić information content (AvgIpc) is 2.77. The second-order valence-electron chi connectivity index (χ2n) is 4.72. The maximum atomic E-state index is 12.0. The van der Waals surface area contributed by atoms with Crippen molar-refractivity contribution in [3.63, 3.8) is 0 Å². The van der Waals surface area contributed by atoms with Crippen molar-refractivity contribution in [1.82, 2.24) is 0 Å². The number of carbonyl (C=O) groups excluding carboxylic acids is 2. The molecule has 1 aliphatic heterocycles. The summed E-state index contributed by atoms with van der Waals surface area (Å²) in [6.07, 6.45) is 0. The van der Waals surface area contributed by atoms with Crippen LogP contribution in [0.3, 0.4) is 0 Å². The summed E-state index contributed by atoms with van der Waals surface area (Å²) in [6.45, 7) is 0. The molecule has 0 radical (unpaired) electrons. The number of primary amides is 1. The van der Waals surface area contributed by atoms with E-state index in [9.17, 15) is 9.59 Å². The Bertz CT molecular complexity index is 697. The second-order valence-corrected chi connectivity index (χ2v) is 4.72. The van der Waals surface area contributed by atoms with Crippen LogP contribution < -0.4 is 21.7 Å². The third kappa shape index (κ3) is 2.64. The molecule has 2 aromatic rings. The lowest BCUT2D eigenvalue weighted by atomic mass is 10.1. The monoisotopic (exact) mass is 282 g/mol. The Morgan fingerprint density at radius 2 is 1.71 bits per heavy atom. The lowest BCUT2D eigenvalue weighted by Gasteiger charge is -2.13. The molecule has 0 aromatic heterocycles. The molecule has 0 fully saturated rings. The molecule has 21 heavy (non-hydrogen) atoms. The number of hydrogen-bond donors (Lipinski definition) is 4. The van der Waals surface area contributed by atoms with E-state index in [1.54, 1.807) is 24.3 Å².